The van der Waals surface area contributed by atoms with E-state index in [0.717, 1.165) is 16.7 Å². The minimum absolute atomic E-state index is 0.213. The number of hydrogen-bond acceptors (Lipinski definition) is 3. The van der Waals surface area contributed by atoms with Gasteiger partial charge < -0.3 is 10.6 Å². The number of carbonyl (C=O) groups is 3. The third-order valence-electron chi connectivity index (χ3n) is 7.24. The quantitative estimate of drug-likeness (QED) is 0.542. The molecular weight excluding hydrogens is 454 g/mol. The smallest absolute Gasteiger partial charge is 0.324 e. The summed E-state index contributed by atoms with van der Waals surface area (Å²) in [6, 6.07) is 28.0. The molecule has 0 aromatic heterocycles. The number of nitrogens with one attached hydrogen (secondary N) is 2. The van der Waals surface area contributed by atoms with E-state index in [0.29, 0.717) is 13.0 Å². The Morgan fingerprint density at radius 1 is 0.806 bits per heavy atom. The predicted octanol–water partition coefficient (Wildman–Crippen LogP) is 3.07. The molecule has 2 aliphatic rings. The molecule has 0 saturated carbocycles. The van der Waals surface area contributed by atoms with Crippen molar-refractivity contribution in [1.29, 1.82) is 0 Å². The van der Waals surface area contributed by atoms with E-state index in [9.17, 15) is 14.4 Å². The molecular formula is C28H29N5O3. The van der Waals surface area contributed by atoms with Gasteiger partial charge in [0, 0.05) is 31.8 Å². The Balaban J connectivity index is 1.55. The van der Waals surface area contributed by atoms with Gasteiger partial charge in [-0.25, -0.2) is 9.59 Å². The second-order valence-electron chi connectivity index (χ2n) is 9.12. The van der Waals surface area contributed by atoms with Gasteiger partial charge in [0.15, 0.2) is 11.3 Å². The van der Waals surface area contributed by atoms with Crippen molar-refractivity contribution in [3.05, 3.63) is 108 Å². The monoisotopic (exact) mass is 483 g/mol. The lowest BCUT2D eigenvalue weighted by molar-refractivity contribution is -0.124. The average Bonchev–Trinajstić information content (AvgIpc) is 3.26. The number of likely N-dealkylation sites (N-methyl/N-ethyl adjacent to an activating group) is 2. The van der Waals surface area contributed by atoms with Gasteiger partial charge in [-0.05, 0) is 12.0 Å². The van der Waals surface area contributed by atoms with Crippen molar-refractivity contribution in [3.8, 4) is 0 Å². The van der Waals surface area contributed by atoms with E-state index in [-0.39, 0.29) is 18.5 Å². The molecule has 2 aliphatic heterocycles. The number of benzene rings is 3. The van der Waals surface area contributed by atoms with Crippen molar-refractivity contribution in [1.82, 2.24) is 25.3 Å². The molecule has 0 radical (unpaired) electrons. The molecule has 2 unspecified atom stereocenters. The second kappa shape index (κ2) is 9.03. The lowest BCUT2D eigenvalue weighted by Crippen LogP contribution is -2.63. The Kier molecular flexibility index (Phi) is 5.88. The normalized spacial score (nSPS) is 23.0. The summed E-state index contributed by atoms with van der Waals surface area (Å²) in [7, 11) is 3.36. The zero-order valence-electron chi connectivity index (χ0n) is 20.3. The molecule has 36 heavy (non-hydrogen) atoms. The number of carbonyl (C=O) groups excluding carboxylic acids is 3. The standard InChI is InChI=1S/C28H29N5O3/c1-31-26(36)32(2)28(23-16-10-5-11-17-23)27(31,22-14-8-4-9-15-22)30-25(35)33(28)20-24(34)29-19-18-21-12-6-3-7-13-21/h3-17H,18-20H2,1-2H3,(H,29,34)(H,30,35). The molecule has 5 rings (SSSR count). The van der Waals surface area contributed by atoms with Crippen LogP contribution in [-0.2, 0) is 22.5 Å². The second-order valence-corrected chi connectivity index (χ2v) is 9.12. The molecule has 8 heteroatoms. The first-order chi connectivity index (χ1) is 17.4. The average molecular weight is 484 g/mol. The highest BCUT2D eigenvalue weighted by atomic mass is 16.2. The van der Waals surface area contributed by atoms with E-state index >= 15 is 0 Å². The largest absolute Gasteiger partial charge is 0.354 e. The first kappa shape index (κ1) is 23.4. The highest BCUT2D eigenvalue weighted by Crippen LogP contribution is 2.56. The van der Waals surface area contributed by atoms with E-state index < -0.39 is 17.4 Å². The van der Waals surface area contributed by atoms with Gasteiger partial charge in [-0.2, -0.15) is 0 Å². The molecule has 3 aromatic rings. The van der Waals surface area contributed by atoms with Crippen molar-refractivity contribution in [2.24, 2.45) is 0 Å². The summed E-state index contributed by atoms with van der Waals surface area (Å²) in [4.78, 5) is 44.9. The number of urea groups is 2. The summed E-state index contributed by atoms with van der Waals surface area (Å²) < 4.78 is 0. The van der Waals surface area contributed by atoms with E-state index in [2.05, 4.69) is 10.6 Å². The topological polar surface area (TPSA) is 85.0 Å². The Hall–Kier alpha value is -4.33. The van der Waals surface area contributed by atoms with Crippen molar-refractivity contribution < 1.29 is 14.4 Å². The number of hydrogen-bond donors (Lipinski definition) is 2. The highest BCUT2D eigenvalue weighted by molar-refractivity contribution is 5.92. The molecule has 0 bridgehead atoms. The minimum atomic E-state index is -1.30. The van der Waals surface area contributed by atoms with Crippen LogP contribution in [0.4, 0.5) is 9.59 Å². The highest BCUT2D eigenvalue weighted by Gasteiger charge is 2.75. The van der Waals surface area contributed by atoms with E-state index in [1.165, 1.54) is 4.90 Å². The van der Waals surface area contributed by atoms with Crippen LogP contribution in [0.25, 0.3) is 0 Å². The van der Waals surface area contributed by atoms with Crippen LogP contribution in [0.5, 0.6) is 0 Å². The maximum atomic E-state index is 13.6. The summed E-state index contributed by atoms with van der Waals surface area (Å²) in [5.74, 6) is -0.296. The lowest BCUT2D eigenvalue weighted by Gasteiger charge is -2.46. The zero-order valence-corrected chi connectivity index (χ0v) is 20.3. The Labute approximate surface area is 210 Å². The van der Waals surface area contributed by atoms with Crippen molar-refractivity contribution >= 4 is 18.0 Å². The molecule has 2 saturated heterocycles. The maximum Gasteiger partial charge on any atom is 0.324 e. The fourth-order valence-electron chi connectivity index (χ4n) is 5.65. The molecule has 2 atom stereocenters. The Morgan fingerprint density at radius 2 is 1.36 bits per heavy atom. The fourth-order valence-corrected chi connectivity index (χ4v) is 5.65. The van der Waals surface area contributed by atoms with E-state index in [1.54, 1.807) is 23.9 Å². The van der Waals surface area contributed by atoms with Crippen molar-refractivity contribution in [3.63, 3.8) is 0 Å². The third-order valence-corrected chi connectivity index (χ3v) is 7.24. The van der Waals surface area contributed by atoms with Gasteiger partial charge in [0.1, 0.15) is 6.54 Å². The molecule has 2 N–H and O–H groups in total. The number of amides is 5. The van der Waals surface area contributed by atoms with Crippen LogP contribution in [-0.4, -0.2) is 59.9 Å². The summed E-state index contributed by atoms with van der Waals surface area (Å²) in [5.41, 5.74) is 0.0419. The Morgan fingerprint density at radius 3 is 1.97 bits per heavy atom. The van der Waals surface area contributed by atoms with Crippen LogP contribution < -0.4 is 10.6 Å². The van der Waals surface area contributed by atoms with Crippen LogP contribution in [0, 0.1) is 0 Å². The van der Waals surface area contributed by atoms with Gasteiger partial charge in [0.05, 0.1) is 0 Å². The summed E-state index contributed by atoms with van der Waals surface area (Å²) in [6.45, 7) is 0.227. The van der Waals surface area contributed by atoms with Gasteiger partial charge in [-0.15, -0.1) is 0 Å². The van der Waals surface area contributed by atoms with Gasteiger partial charge >= 0.3 is 12.1 Å². The van der Waals surface area contributed by atoms with Gasteiger partial charge in [-0.3, -0.25) is 19.5 Å². The SMILES string of the molecule is CN1C(=O)N(C)C2(c3ccccc3)N(CC(=O)NCCc3ccccc3)C(=O)NC12c1ccccc1. The number of rotatable bonds is 7. The Bertz CT molecular complexity index is 1270. The molecule has 5 amide bonds. The van der Waals surface area contributed by atoms with Crippen LogP contribution in [0.1, 0.15) is 16.7 Å². The molecule has 0 aliphatic carbocycles. The molecule has 0 spiro atoms. The first-order valence-electron chi connectivity index (χ1n) is 12.0. The minimum Gasteiger partial charge on any atom is -0.354 e. The zero-order chi connectivity index (χ0) is 25.3. The number of fused-ring (bicyclic) bond motifs is 1. The summed E-state index contributed by atoms with van der Waals surface area (Å²) in [5, 5.41) is 6.04. The van der Waals surface area contributed by atoms with E-state index in [4.69, 9.17) is 0 Å². The maximum absolute atomic E-state index is 13.6. The summed E-state index contributed by atoms with van der Waals surface area (Å²) >= 11 is 0. The van der Waals surface area contributed by atoms with Crippen molar-refractivity contribution in [2.45, 2.75) is 17.7 Å². The first-order valence-corrected chi connectivity index (χ1v) is 12.0. The van der Waals surface area contributed by atoms with Crippen LogP contribution in [0.3, 0.4) is 0 Å². The molecule has 184 valence electrons. The summed E-state index contributed by atoms with van der Waals surface area (Å²) in [6.07, 6.45) is 0.678. The van der Waals surface area contributed by atoms with Crippen LogP contribution in [0.15, 0.2) is 91.0 Å². The molecule has 8 nitrogen and oxygen atoms in total. The number of nitrogens with zero attached hydrogens (tertiary/aromatic N) is 3. The van der Waals surface area contributed by atoms with Gasteiger partial charge in [0.2, 0.25) is 5.91 Å². The van der Waals surface area contributed by atoms with Gasteiger partial charge in [0.25, 0.3) is 0 Å². The van der Waals surface area contributed by atoms with E-state index in [1.807, 2.05) is 91.0 Å². The fraction of sp³-hybridized carbons (Fsp3) is 0.250. The van der Waals surface area contributed by atoms with Crippen LogP contribution in [0.2, 0.25) is 0 Å². The lowest BCUT2D eigenvalue weighted by atomic mass is 9.80. The molecule has 3 aromatic carbocycles. The third kappa shape index (κ3) is 3.32. The van der Waals surface area contributed by atoms with Crippen molar-refractivity contribution in [2.75, 3.05) is 27.2 Å². The van der Waals surface area contributed by atoms with Crippen LogP contribution >= 0.6 is 0 Å². The predicted molar refractivity (Wildman–Crippen MR) is 136 cm³/mol. The molecule has 2 heterocycles. The molecule has 2 fully saturated rings. The van der Waals surface area contributed by atoms with Gasteiger partial charge in [-0.1, -0.05) is 91.0 Å².